The number of anilines is 1. The Kier molecular flexibility index (Phi) is 4.71. The Morgan fingerprint density at radius 2 is 1.66 bits per heavy atom. The lowest BCUT2D eigenvalue weighted by atomic mass is 10.1. The molecule has 3 aromatic carbocycles. The van der Waals surface area contributed by atoms with Crippen LogP contribution in [0, 0.1) is 0 Å². The zero-order valence-corrected chi connectivity index (χ0v) is 17.3. The molecule has 2 heterocycles. The van der Waals surface area contributed by atoms with Gasteiger partial charge >= 0.3 is 5.69 Å². The molecule has 7 heteroatoms. The summed E-state index contributed by atoms with van der Waals surface area (Å²) >= 11 is 0. The second kappa shape index (κ2) is 7.70. The lowest BCUT2D eigenvalue weighted by Gasteiger charge is -2.08. The van der Waals surface area contributed by atoms with E-state index in [0.717, 1.165) is 20.9 Å². The van der Waals surface area contributed by atoms with Crippen molar-refractivity contribution in [3.8, 4) is 0 Å². The van der Waals surface area contributed by atoms with Gasteiger partial charge in [0.2, 0.25) is 0 Å². The Labute approximate surface area is 182 Å². The first-order chi connectivity index (χ1) is 15.5. The van der Waals surface area contributed by atoms with Crippen molar-refractivity contribution in [3.05, 3.63) is 111 Å². The normalized spacial score (nSPS) is 11.2. The molecule has 2 N–H and O–H groups in total. The molecule has 0 bridgehead atoms. The van der Waals surface area contributed by atoms with E-state index in [1.54, 1.807) is 17.8 Å². The number of hydrogen-bond donors (Lipinski definition) is 2. The van der Waals surface area contributed by atoms with Gasteiger partial charge < -0.3 is 14.9 Å². The standard InChI is InChI=1S/C25H20N4O3/c1-28-15-19(23(30)26-20-13-7-11-17-10-5-6-12-18(17)20)21-22(28)24(31)29(25(32)27-21)14-16-8-3-2-4-9-16/h2-13,15H,14H2,1H3,(H,26,30)(H,27,32). The lowest BCUT2D eigenvalue weighted by molar-refractivity contribution is 0.102. The van der Waals surface area contributed by atoms with Gasteiger partial charge in [0.25, 0.3) is 11.5 Å². The number of rotatable bonds is 4. The molecule has 0 aliphatic carbocycles. The van der Waals surface area contributed by atoms with Gasteiger partial charge in [-0.05, 0) is 17.0 Å². The van der Waals surface area contributed by atoms with Gasteiger partial charge in [-0.15, -0.1) is 0 Å². The van der Waals surface area contributed by atoms with Crippen molar-refractivity contribution in [1.29, 1.82) is 0 Å². The molecule has 0 aliphatic rings. The van der Waals surface area contributed by atoms with E-state index in [-0.39, 0.29) is 23.1 Å². The maximum absolute atomic E-state index is 13.1. The topological polar surface area (TPSA) is 88.9 Å². The number of hydrogen-bond acceptors (Lipinski definition) is 3. The van der Waals surface area contributed by atoms with Crippen molar-refractivity contribution in [2.24, 2.45) is 7.05 Å². The van der Waals surface area contributed by atoms with E-state index in [1.165, 1.54) is 0 Å². The summed E-state index contributed by atoms with van der Waals surface area (Å²) in [5.74, 6) is -0.400. The third-order valence-electron chi connectivity index (χ3n) is 5.57. The fourth-order valence-corrected chi connectivity index (χ4v) is 4.01. The quantitative estimate of drug-likeness (QED) is 0.463. The van der Waals surface area contributed by atoms with Crippen LogP contribution in [-0.4, -0.2) is 20.0 Å². The van der Waals surface area contributed by atoms with Gasteiger partial charge in [-0.25, -0.2) is 4.79 Å². The molecule has 0 unspecified atom stereocenters. The summed E-state index contributed by atoms with van der Waals surface area (Å²) in [4.78, 5) is 41.7. The fourth-order valence-electron chi connectivity index (χ4n) is 4.01. The Morgan fingerprint density at radius 3 is 2.47 bits per heavy atom. The molecular formula is C25H20N4O3. The first-order valence-electron chi connectivity index (χ1n) is 10.2. The molecule has 5 aromatic rings. The number of carbonyl (C=O) groups is 1. The van der Waals surface area contributed by atoms with Crippen LogP contribution < -0.4 is 16.6 Å². The summed E-state index contributed by atoms with van der Waals surface area (Å²) in [6, 6.07) is 22.7. The first kappa shape index (κ1) is 19.6. The molecule has 0 atom stereocenters. The number of aryl methyl sites for hydroxylation is 1. The molecule has 2 aromatic heterocycles. The summed E-state index contributed by atoms with van der Waals surface area (Å²) in [7, 11) is 1.68. The minimum absolute atomic E-state index is 0.146. The van der Waals surface area contributed by atoms with Crippen LogP contribution in [0.1, 0.15) is 15.9 Å². The van der Waals surface area contributed by atoms with Crippen LogP contribution in [0.3, 0.4) is 0 Å². The average Bonchev–Trinajstić information content (AvgIpc) is 3.13. The highest BCUT2D eigenvalue weighted by molar-refractivity contribution is 6.14. The molecule has 0 saturated carbocycles. The summed E-state index contributed by atoms with van der Waals surface area (Å²) in [6.07, 6.45) is 1.56. The van der Waals surface area contributed by atoms with Gasteiger partial charge in [0.15, 0.2) is 0 Å². The molecule has 1 amide bonds. The van der Waals surface area contributed by atoms with Crippen molar-refractivity contribution in [3.63, 3.8) is 0 Å². The Morgan fingerprint density at radius 1 is 0.938 bits per heavy atom. The van der Waals surface area contributed by atoms with E-state index in [2.05, 4.69) is 10.3 Å². The van der Waals surface area contributed by atoms with E-state index in [1.807, 2.05) is 72.8 Å². The molecule has 0 radical (unpaired) electrons. The van der Waals surface area contributed by atoms with Gasteiger partial charge in [0.1, 0.15) is 5.52 Å². The second-order valence-corrected chi connectivity index (χ2v) is 7.67. The third-order valence-corrected chi connectivity index (χ3v) is 5.57. The van der Waals surface area contributed by atoms with Gasteiger partial charge in [0.05, 0.1) is 17.6 Å². The molecular weight excluding hydrogens is 404 g/mol. The van der Waals surface area contributed by atoms with Gasteiger partial charge in [0, 0.05) is 24.3 Å². The minimum atomic E-state index is -0.559. The van der Waals surface area contributed by atoms with Crippen molar-refractivity contribution < 1.29 is 4.79 Å². The Balaban J connectivity index is 1.57. The number of carbonyl (C=O) groups excluding carboxylic acids is 1. The summed E-state index contributed by atoms with van der Waals surface area (Å²) < 4.78 is 2.72. The highest BCUT2D eigenvalue weighted by Gasteiger charge is 2.20. The number of H-pyrrole nitrogens is 1. The summed E-state index contributed by atoms with van der Waals surface area (Å²) in [5.41, 5.74) is 1.22. The van der Waals surface area contributed by atoms with Crippen molar-refractivity contribution in [2.75, 3.05) is 5.32 Å². The number of benzene rings is 3. The molecule has 5 rings (SSSR count). The van der Waals surface area contributed by atoms with Crippen LogP contribution >= 0.6 is 0 Å². The summed E-state index contributed by atoms with van der Waals surface area (Å²) in [6.45, 7) is 0.146. The van der Waals surface area contributed by atoms with E-state index >= 15 is 0 Å². The number of fused-ring (bicyclic) bond motifs is 2. The molecule has 0 fully saturated rings. The fraction of sp³-hybridized carbons (Fsp3) is 0.0800. The number of aromatic amines is 1. The maximum atomic E-state index is 13.1. The number of amides is 1. The van der Waals surface area contributed by atoms with E-state index in [0.29, 0.717) is 5.69 Å². The van der Waals surface area contributed by atoms with Crippen molar-refractivity contribution >= 4 is 33.4 Å². The lowest BCUT2D eigenvalue weighted by Crippen LogP contribution is -2.36. The van der Waals surface area contributed by atoms with E-state index in [9.17, 15) is 14.4 Å². The van der Waals surface area contributed by atoms with Crippen LogP contribution in [0.2, 0.25) is 0 Å². The van der Waals surface area contributed by atoms with Gasteiger partial charge in [-0.3, -0.25) is 14.2 Å². The predicted molar refractivity (Wildman–Crippen MR) is 125 cm³/mol. The monoisotopic (exact) mass is 424 g/mol. The zero-order chi connectivity index (χ0) is 22.2. The van der Waals surface area contributed by atoms with Crippen LogP contribution in [0.15, 0.2) is 88.6 Å². The Bertz CT molecular complexity index is 1590. The highest BCUT2D eigenvalue weighted by Crippen LogP contribution is 2.24. The van der Waals surface area contributed by atoms with Crippen LogP contribution in [-0.2, 0) is 13.6 Å². The first-order valence-corrected chi connectivity index (χ1v) is 10.2. The smallest absolute Gasteiger partial charge is 0.329 e. The Hall–Kier alpha value is -4.39. The summed E-state index contributed by atoms with van der Waals surface area (Å²) in [5, 5.41) is 4.82. The maximum Gasteiger partial charge on any atom is 0.329 e. The number of aromatic nitrogens is 3. The van der Waals surface area contributed by atoms with Crippen LogP contribution in [0.5, 0.6) is 0 Å². The minimum Gasteiger partial charge on any atom is -0.344 e. The zero-order valence-electron chi connectivity index (χ0n) is 17.3. The molecule has 0 saturated heterocycles. The van der Waals surface area contributed by atoms with E-state index in [4.69, 9.17) is 0 Å². The number of nitrogens with zero attached hydrogens (tertiary/aromatic N) is 2. The molecule has 0 aliphatic heterocycles. The SMILES string of the molecule is Cn1cc(C(=O)Nc2cccc3ccccc23)c2[nH]c(=O)n(Cc3ccccc3)c(=O)c21. The highest BCUT2D eigenvalue weighted by atomic mass is 16.2. The molecule has 7 nitrogen and oxygen atoms in total. The van der Waals surface area contributed by atoms with Crippen molar-refractivity contribution in [1.82, 2.24) is 14.1 Å². The molecule has 0 spiro atoms. The van der Waals surface area contributed by atoms with Crippen molar-refractivity contribution in [2.45, 2.75) is 6.54 Å². The largest absolute Gasteiger partial charge is 0.344 e. The van der Waals surface area contributed by atoms with Gasteiger partial charge in [-0.1, -0.05) is 66.7 Å². The average molecular weight is 424 g/mol. The second-order valence-electron chi connectivity index (χ2n) is 7.67. The van der Waals surface area contributed by atoms with Crippen LogP contribution in [0.4, 0.5) is 5.69 Å². The van der Waals surface area contributed by atoms with Crippen LogP contribution in [0.25, 0.3) is 21.8 Å². The number of nitrogens with one attached hydrogen (secondary N) is 2. The van der Waals surface area contributed by atoms with E-state index < -0.39 is 17.2 Å². The molecule has 32 heavy (non-hydrogen) atoms. The molecule has 158 valence electrons. The predicted octanol–water partition coefficient (Wildman–Crippen LogP) is 3.48. The third kappa shape index (κ3) is 3.30. The van der Waals surface area contributed by atoms with Gasteiger partial charge in [-0.2, -0.15) is 0 Å².